The van der Waals surface area contributed by atoms with Crippen LogP contribution in [-0.4, -0.2) is 27.8 Å². The number of thioether (sulfide) groups is 1. The van der Waals surface area contributed by atoms with E-state index in [0.717, 1.165) is 34.0 Å². The standard InChI is InChI=1S/C28H21ClN4O3S2/c29-23-9-5-4-8-20(23)15-36-21-12-10-18(11-13-21)14-30-33-24(34)17-38-28-31-26(35)25-22(16-37-27(25)32-28)19-6-2-1-3-7-19/h1-14,16H,15,17H2,(H,33,34)(H,31,32,35)/b30-14+. The minimum absolute atomic E-state index is 0.0531. The highest BCUT2D eigenvalue weighted by atomic mass is 35.5. The predicted octanol–water partition coefficient (Wildman–Crippen LogP) is 6.13. The van der Waals surface area contributed by atoms with Crippen molar-refractivity contribution >= 4 is 57.0 Å². The fraction of sp³-hybridized carbons (Fsp3) is 0.0714. The van der Waals surface area contributed by atoms with Gasteiger partial charge in [-0.15, -0.1) is 11.3 Å². The monoisotopic (exact) mass is 560 g/mol. The van der Waals surface area contributed by atoms with E-state index in [-0.39, 0.29) is 17.2 Å². The van der Waals surface area contributed by atoms with Crippen molar-refractivity contribution in [2.75, 3.05) is 5.75 Å². The highest BCUT2D eigenvalue weighted by Gasteiger charge is 2.13. The molecule has 0 saturated carbocycles. The molecule has 2 aromatic heterocycles. The van der Waals surface area contributed by atoms with E-state index in [9.17, 15) is 9.59 Å². The van der Waals surface area contributed by atoms with Crippen molar-refractivity contribution in [1.29, 1.82) is 0 Å². The SMILES string of the molecule is O=C(CSc1nc2scc(-c3ccccc3)c2c(=O)[nH]1)N/N=C/c1ccc(OCc2ccccc2Cl)cc1. The fourth-order valence-electron chi connectivity index (χ4n) is 3.60. The number of halogens is 1. The van der Waals surface area contributed by atoms with Crippen molar-refractivity contribution in [3.63, 3.8) is 0 Å². The molecule has 7 nitrogen and oxygen atoms in total. The molecule has 0 bridgehead atoms. The Hall–Kier alpha value is -3.92. The maximum atomic E-state index is 12.7. The number of hydrogen-bond acceptors (Lipinski definition) is 7. The van der Waals surface area contributed by atoms with Gasteiger partial charge in [0.1, 0.15) is 17.2 Å². The number of hydrazone groups is 1. The minimum atomic E-state index is -0.315. The topological polar surface area (TPSA) is 96.4 Å². The Bertz CT molecular complexity index is 1650. The van der Waals surface area contributed by atoms with Crippen LogP contribution in [0.3, 0.4) is 0 Å². The molecule has 0 atom stereocenters. The van der Waals surface area contributed by atoms with E-state index < -0.39 is 0 Å². The second kappa shape index (κ2) is 12.1. The van der Waals surface area contributed by atoms with E-state index in [1.807, 2.05) is 84.2 Å². The number of hydrogen-bond donors (Lipinski definition) is 2. The number of amides is 1. The smallest absolute Gasteiger partial charge is 0.260 e. The second-order valence-electron chi connectivity index (χ2n) is 8.10. The summed E-state index contributed by atoms with van der Waals surface area (Å²) in [6.07, 6.45) is 1.54. The zero-order chi connectivity index (χ0) is 26.3. The van der Waals surface area contributed by atoms with Gasteiger partial charge in [-0.1, -0.05) is 71.9 Å². The Balaban J connectivity index is 1.13. The van der Waals surface area contributed by atoms with Crippen molar-refractivity contribution in [2.45, 2.75) is 11.8 Å². The molecule has 0 fully saturated rings. The van der Waals surface area contributed by atoms with Gasteiger partial charge in [0.15, 0.2) is 5.16 Å². The molecule has 0 unspecified atom stereocenters. The molecule has 5 rings (SSSR count). The first kappa shape index (κ1) is 25.7. The van der Waals surface area contributed by atoms with E-state index >= 15 is 0 Å². The number of aromatic amines is 1. The Morgan fingerprint density at radius 1 is 1.08 bits per heavy atom. The highest BCUT2D eigenvalue weighted by Crippen LogP contribution is 2.31. The number of benzene rings is 3. The Kier molecular flexibility index (Phi) is 8.18. The van der Waals surface area contributed by atoms with Crippen LogP contribution in [0.1, 0.15) is 11.1 Å². The number of ether oxygens (including phenoxy) is 1. The van der Waals surface area contributed by atoms with E-state index in [4.69, 9.17) is 16.3 Å². The van der Waals surface area contributed by atoms with E-state index in [1.54, 1.807) is 6.21 Å². The first-order valence-corrected chi connectivity index (χ1v) is 13.8. The lowest BCUT2D eigenvalue weighted by Gasteiger charge is -2.07. The Labute approximate surface area is 231 Å². The molecule has 0 aliphatic rings. The number of carbonyl (C=O) groups is 1. The first-order chi connectivity index (χ1) is 18.6. The molecule has 0 aliphatic carbocycles. The zero-order valence-corrected chi connectivity index (χ0v) is 22.3. The number of thiophene rings is 1. The molecule has 10 heteroatoms. The summed E-state index contributed by atoms with van der Waals surface area (Å²) in [5, 5.41) is 7.54. The molecule has 3 aromatic carbocycles. The summed E-state index contributed by atoms with van der Waals surface area (Å²) in [5.74, 6) is 0.435. The van der Waals surface area contributed by atoms with E-state index in [1.165, 1.54) is 11.3 Å². The van der Waals surface area contributed by atoms with Crippen LogP contribution in [0, 0.1) is 0 Å². The van der Waals surface area contributed by atoms with Gasteiger partial charge >= 0.3 is 0 Å². The van der Waals surface area contributed by atoms with Crippen LogP contribution in [0.4, 0.5) is 0 Å². The van der Waals surface area contributed by atoms with Crippen LogP contribution in [0.15, 0.2) is 99.3 Å². The molecule has 0 radical (unpaired) electrons. The normalized spacial score (nSPS) is 11.2. The fourth-order valence-corrected chi connectivity index (χ4v) is 5.45. The molecule has 5 aromatic rings. The predicted molar refractivity (Wildman–Crippen MR) is 154 cm³/mol. The quantitative estimate of drug-likeness (QED) is 0.0978. The van der Waals surface area contributed by atoms with Crippen molar-refractivity contribution in [1.82, 2.24) is 15.4 Å². The summed E-state index contributed by atoms with van der Waals surface area (Å²) in [7, 11) is 0. The molecule has 0 spiro atoms. The summed E-state index contributed by atoms with van der Waals surface area (Å²) in [6, 6.07) is 24.5. The third kappa shape index (κ3) is 6.31. The molecule has 1 amide bonds. The van der Waals surface area contributed by atoms with Gasteiger partial charge in [0.05, 0.1) is 17.4 Å². The van der Waals surface area contributed by atoms with Crippen molar-refractivity contribution in [3.8, 4) is 16.9 Å². The molecule has 38 heavy (non-hydrogen) atoms. The average molecular weight is 561 g/mol. The van der Waals surface area contributed by atoms with Gasteiger partial charge in [-0.25, -0.2) is 10.4 Å². The van der Waals surface area contributed by atoms with Gasteiger partial charge < -0.3 is 9.72 Å². The lowest BCUT2D eigenvalue weighted by atomic mass is 10.1. The summed E-state index contributed by atoms with van der Waals surface area (Å²) >= 11 is 8.70. The second-order valence-corrected chi connectivity index (χ2v) is 10.3. The molecule has 0 saturated heterocycles. The minimum Gasteiger partial charge on any atom is -0.489 e. The molecule has 0 aliphatic heterocycles. The number of aromatic nitrogens is 2. The largest absolute Gasteiger partial charge is 0.489 e. The van der Waals surface area contributed by atoms with Crippen LogP contribution < -0.4 is 15.7 Å². The van der Waals surface area contributed by atoms with Crippen molar-refractivity contribution in [3.05, 3.63) is 111 Å². The molecular weight excluding hydrogens is 540 g/mol. The van der Waals surface area contributed by atoms with Crippen LogP contribution in [-0.2, 0) is 11.4 Å². The van der Waals surface area contributed by atoms with E-state index in [2.05, 4.69) is 20.5 Å². The average Bonchev–Trinajstić information content (AvgIpc) is 3.37. The maximum Gasteiger partial charge on any atom is 0.260 e. The van der Waals surface area contributed by atoms with Crippen molar-refractivity contribution in [2.24, 2.45) is 5.10 Å². The molecule has 2 N–H and O–H groups in total. The summed E-state index contributed by atoms with van der Waals surface area (Å²) in [5.41, 5.74) is 5.78. The summed E-state index contributed by atoms with van der Waals surface area (Å²) in [4.78, 5) is 32.9. The Morgan fingerprint density at radius 2 is 1.84 bits per heavy atom. The zero-order valence-electron chi connectivity index (χ0n) is 19.9. The lowest BCUT2D eigenvalue weighted by Crippen LogP contribution is -2.20. The van der Waals surface area contributed by atoms with Gasteiger partial charge in [-0.05, 0) is 41.5 Å². The number of fused-ring (bicyclic) bond motifs is 1. The number of nitrogens with zero attached hydrogens (tertiary/aromatic N) is 2. The number of H-pyrrole nitrogens is 1. The molecule has 190 valence electrons. The van der Waals surface area contributed by atoms with Gasteiger partial charge in [0.2, 0.25) is 0 Å². The Morgan fingerprint density at radius 3 is 2.63 bits per heavy atom. The van der Waals surface area contributed by atoms with Gasteiger partial charge in [0.25, 0.3) is 11.5 Å². The summed E-state index contributed by atoms with van der Waals surface area (Å²) in [6.45, 7) is 0.370. The van der Waals surface area contributed by atoms with Gasteiger partial charge in [-0.3, -0.25) is 9.59 Å². The van der Waals surface area contributed by atoms with Crippen LogP contribution in [0.5, 0.6) is 5.75 Å². The third-order valence-corrected chi connectivity index (χ3v) is 7.60. The van der Waals surface area contributed by atoms with Crippen molar-refractivity contribution < 1.29 is 9.53 Å². The number of nitrogens with one attached hydrogen (secondary N) is 2. The molecule has 2 heterocycles. The number of carbonyl (C=O) groups excluding carboxylic acids is 1. The summed E-state index contributed by atoms with van der Waals surface area (Å²) < 4.78 is 5.77. The van der Waals surface area contributed by atoms with Crippen LogP contribution >= 0.6 is 34.7 Å². The third-order valence-electron chi connectivity index (χ3n) is 5.48. The van der Waals surface area contributed by atoms with E-state index in [0.29, 0.717) is 32.8 Å². The maximum absolute atomic E-state index is 12.7. The molecular formula is C28H21ClN4O3S2. The van der Waals surface area contributed by atoms with Gasteiger partial charge in [-0.2, -0.15) is 5.10 Å². The number of rotatable bonds is 9. The van der Waals surface area contributed by atoms with Crippen LogP contribution in [0.2, 0.25) is 5.02 Å². The first-order valence-electron chi connectivity index (χ1n) is 11.5. The van der Waals surface area contributed by atoms with Crippen LogP contribution in [0.25, 0.3) is 21.3 Å². The highest BCUT2D eigenvalue weighted by molar-refractivity contribution is 7.99. The lowest BCUT2D eigenvalue weighted by molar-refractivity contribution is -0.118. The van der Waals surface area contributed by atoms with Gasteiger partial charge in [0, 0.05) is 21.5 Å².